The van der Waals surface area contributed by atoms with Gasteiger partial charge < -0.3 is 4.74 Å². The van der Waals surface area contributed by atoms with Gasteiger partial charge in [0.1, 0.15) is 11.5 Å². The van der Waals surface area contributed by atoms with E-state index in [-0.39, 0.29) is 5.41 Å². The van der Waals surface area contributed by atoms with E-state index in [2.05, 4.69) is 170 Å². The van der Waals surface area contributed by atoms with Gasteiger partial charge in [0, 0.05) is 21.9 Å². The predicted octanol–water partition coefficient (Wildman–Crippen LogP) is 13.9. The van der Waals surface area contributed by atoms with Crippen LogP contribution in [0.2, 0.25) is 0 Å². The van der Waals surface area contributed by atoms with Gasteiger partial charge >= 0.3 is 0 Å². The lowest BCUT2D eigenvalue weighted by Crippen LogP contribution is -2.32. The fourth-order valence-electron chi connectivity index (χ4n) is 11.1. The predicted molar refractivity (Wildman–Crippen MR) is 221 cm³/mol. The first-order chi connectivity index (χ1) is 26.8. The van der Waals surface area contributed by atoms with Gasteiger partial charge in [-0.2, -0.15) is 0 Å². The van der Waals surface area contributed by atoms with Crippen LogP contribution in [0.4, 0.5) is 0 Å². The Bertz CT molecular complexity index is 2790. The number of hydrogen-bond acceptors (Lipinski definition) is 1. The van der Waals surface area contributed by atoms with E-state index in [1.165, 1.54) is 110 Å². The van der Waals surface area contributed by atoms with Crippen LogP contribution < -0.4 is 4.74 Å². The minimum atomic E-state index is -0.507. The van der Waals surface area contributed by atoms with Crippen molar-refractivity contribution < 1.29 is 4.74 Å². The van der Waals surface area contributed by atoms with Crippen molar-refractivity contribution in [3.8, 4) is 56.0 Å². The highest BCUT2D eigenvalue weighted by Crippen LogP contribution is 2.63. The van der Waals surface area contributed by atoms with Gasteiger partial charge in [-0.1, -0.05) is 171 Å². The van der Waals surface area contributed by atoms with Crippen molar-refractivity contribution in [2.24, 2.45) is 0 Å². The minimum Gasteiger partial charge on any atom is -0.456 e. The number of hydrogen-bond donors (Lipinski definition) is 0. The number of fused-ring (bicyclic) bond motifs is 16. The van der Waals surface area contributed by atoms with Crippen LogP contribution in [-0.2, 0) is 10.8 Å². The molecule has 1 heteroatoms. The quantitative estimate of drug-likeness (QED) is 0.175. The maximum atomic E-state index is 6.98. The maximum Gasteiger partial charge on any atom is 0.140 e. The molecule has 0 amide bonds. The first-order valence-corrected chi connectivity index (χ1v) is 19.6. The van der Waals surface area contributed by atoms with Crippen molar-refractivity contribution in [3.05, 3.63) is 203 Å². The summed E-state index contributed by atoms with van der Waals surface area (Å²) in [5, 5.41) is 2.34. The van der Waals surface area contributed by atoms with Gasteiger partial charge in [-0.3, -0.25) is 0 Å². The third-order valence-electron chi connectivity index (χ3n) is 13.4. The van der Waals surface area contributed by atoms with Gasteiger partial charge in [-0.05, 0) is 103 Å². The van der Waals surface area contributed by atoms with Crippen LogP contribution in [0, 0.1) is 0 Å². The summed E-state index contributed by atoms with van der Waals surface area (Å²) in [7, 11) is 0. The Balaban J connectivity index is 1.04. The molecule has 2 spiro atoms. The summed E-state index contributed by atoms with van der Waals surface area (Å²) >= 11 is 0. The molecule has 0 aromatic heterocycles. The topological polar surface area (TPSA) is 9.23 Å². The normalized spacial score (nSPS) is 16.2. The molecule has 54 heavy (non-hydrogen) atoms. The van der Waals surface area contributed by atoms with Gasteiger partial charge in [-0.15, -0.1) is 0 Å². The molecule has 0 radical (unpaired) electrons. The van der Waals surface area contributed by atoms with Crippen molar-refractivity contribution >= 4 is 10.8 Å². The summed E-state index contributed by atoms with van der Waals surface area (Å²) in [5.41, 5.74) is 18.2. The van der Waals surface area contributed by atoms with Crippen LogP contribution in [0.1, 0.15) is 65.5 Å². The summed E-state index contributed by atoms with van der Waals surface area (Å²) in [5.74, 6) is 1.87. The van der Waals surface area contributed by atoms with E-state index in [0.717, 1.165) is 16.9 Å². The zero-order chi connectivity index (χ0) is 35.4. The smallest absolute Gasteiger partial charge is 0.140 e. The van der Waals surface area contributed by atoms with E-state index in [0.29, 0.717) is 0 Å². The fraction of sp³-hybridized carbons (Fsp3) is 0.132. The average molecular weight is 691 g/mol. The van der Waals surface area contributed by atoms with Crippen LogP contribution in [0.3, 0.4) is 0 Å². The number of rotatable bonds is 2. The SMILES string of the molecule is c1ccc2c(c1)Oc1c(cc(-c3ccc(-c4ccc5c(c4)C4(CCCCC4)c4ccccc4-5)cc3)c3ccccc13)C21c2ccccc2-c2ccccc21. The first-order valence-electron chi connectivity index (χ1n) is 19.6. The largest absolute Gasteiger partial charge is 0.456 e. The van der Waals surface area contributed by atoms with Gasteiger partial charge in [0.2, 0.25) is 0 Å². The Kier molecular flexibility index (Phi) is 6.27. The second kappa shape index (κ2) is 11.2. The van der Waals surface area contributed by atoms with Gasteiger partial charge in [0.25, 0.3) is 0 Å². The van der Waals surface area contributed by atoms with Gasteiger partial charge in [-0.25, -0.2) is 0 Å². The molecule has 1 aliphatic heterocycles. The third-order valence-corrected chi connectivity index (χ3v) is 13.4. The van der Waals surface area contributed by atoms with E-state index in [4.69, 9.17) is 4.74 Å². The van der Waals surface area contributed by atoms with Crippen LogP contribution >= 0.6 is 0 Å². The van der Waals surface area contributed by atoms with Gasteiger partial charge in [0.15, 0.2) is 0 Å². The zero-order valence-corrected chi connectivity index (χ0v) is 30.1. The highest BCUT2D eigenvalue weighted by atomic mass is 16.5. The summed E-state index contributed by atoms with van der Waals surface area (Å²) < 4.78 is 6.98. The fourth-order valence-corrected chi connectivity index (χ4v) is 11.1. The number of benzene rings is 8. The summed E-state index contributed by atoms with van der Waals surface area (Å²) in [6.45, 7) is 0. The molecule has 0 bridgehead atoms. The molecule has 1 heterocycles. The summed E-state index contributed by atoms with van der Waals surface area (Å²) in [6.07, 6.45) is 6.44. The second-order valence-electron chi connectivity index (χ2n) is 15.8. The lowest BCUT2D eigenvalue weighted by molar-refractivity contribution is 0.353. The highest BCUT2D eigenvalue weighted by molar-refractivity contribution is 6.04. The van der Waals surface area contributed by atoms with E-state index in [1.807, 2.05) is 0 Å². The Morgan fingerprint density at radius 1 is 0.352 bits per heavy atom. The molecule has 0 saturated heterocycles. The summed E-state index contributed by atoms with van der Waals surface area (Å²) in [4.78, 5) is 0. The second-order valence-corrected chi connectivity index (χ2v) is 15.8. The van der Waals surface area contributed by atoms with Crippen molar-refractivity contribution in [1.29, 1.82) is 0 Å². The Hall–Kier alpha value is -6.18. The average Bonchev–Trinajstić information content (AvgIpc) is 3.68. The number of ether oxygens (including phenoxy) is 1. The molecular formula is C53H38O. The van der Waals surface area contributed by atoms with Crippen LogP contribution in [-0.4, -0.2) is 0 Å². The lowest BCUT2D eigenvalue weighted by Gasteiger charge is -2.40. The van der Waals surface area contributed by atoms with E-state index in [9.17, 15) is 0 Å². The molecule has 8 aromatic rings. The lowest BCUT2D eigenvalue weighted by atomic mass is 9.65. The molecule has 1 fully saturated rings. The van der Waals surface area contributed by atoms with Crippen molar-refractivity contribution in [1.82, 2.24) is 0 Å². The van der Waals surface area contributed by atoms with Crippen molar-refractivity contribution in [2.75, 3.05) is 0 Å². The molecular weight excluding hydrogens is 653 g/mol. The standard InChI is InChI=1S/C53H38O/c1-12-30-52(31-13-1)44-19-7-4-15-38(44)41-29-28-36(32-48(41)52)34-24-26-35(27-25-34)43-33-49-51(42-18-3-2-14-37(42)43)54-50-23-11-10-22-47(50)53(49)45-20-8-5-16-39(45)40-17-6-9-21-46(40)53/h2-11,14-29,32-33H,1,12-13,30-31H2. The molecule has 3 aliphatic carbocycles. The Morgan fingerprint density at radius 2 is 0.889 bits per heavy atom. The molecule has 0 atom stereocenters. The van der Waals surface area contributed by atoms with Crippen LogP contribution in [0.15, 0.2) is 170 Å². The third kappa shape index (κ3) is 3.89. The first kappa shape index (κ1) is 30.3. The van der Waals surface area contributed by atoms with Crippen LogP contribution in [0.25, 0.3) is 55.3 Å². The van der Waals surface area contributed by atoms with Crippen LogP contribution in [0.5, 0.6) is 11.5 Å². The molecule has 1 nitrogen and oxygen atoms in total. The molecule has 12 rings (SSSR count). The molecule has 0 unspecified atom stereocenters. The van der Waals surface area contributed by atoms with E-state index < -0.39 is 5.41 Å². The number of para-hydroxylation sites is 1. The molecule has 256 valence electrons. The zero-order valence-electron chi connectivity index (χ0n) is 30.1. The monoisotopic (exact) mass is 690 g/mol. The Labute approximate surface area is 316 Å². The van der Waals surface area contributed by atoms with E-state index >= 15 is 0 Å². The molecule has 1 saturated carbocycles. The Morgan fingerprint density at radius 3 is 1.61 bits per heavy atom. The van der Waals surface area contributed by atoms with E-state index in [1.54, 1.807) is 5.56 Å². The molecule has 4 aliphatic rings. The van der Waals surface area contributed by atoms with Crippen molar-refractivity contribution in [2.45, 2.75) is 42.9 Å². The van der Waals surface area contributed by atoms with Gasteiger partial charge in [0.05, 0.1) is 5.41 Å². The summed E-state index contributed by atoms with van der Waals surface area (Å²) in [6, 6.07) is 63.7. The highest BCUT2D eigenvalue weighted by Gasteiger charge is 2.51. The van der Waals surface area contributed by atoms with Crippen molar-refractivity contribution in [3.63, 3.8) is 0 Å². The minimum absolute atomic E-state index is 0.149. The molecule has 0 N–H and O–H groups in total. The molecule has 8 aromatic carbocycles. The maximum absolute atomic E-state index is 6.98.